The average Bonchev–Trinajstić information content (AvgIpc) is 2.86. The second kappa shape index (κ2) is 5.41. The minimum absolute atomic E-state index is 0.0929. The van der Waals surface area contributed by atoms with Crippen LogP contribution in [0.15, 0.2) is 29.3 Å². The molecule has 0 aliphatic carbocycles. The van der Waals surface area contributed by atoms with Gasteiger partial charge < -0.3 is 9.47 Å². The first-order chi connectivity index (χ1) is 9.47. The summed E-state index contributed by atoms with van der Waals surface area (Å²) in [7, 11) is -0.742. The number of anilines is 1. The van der Waals surface area contributed by atoms with Gasteiger partial charge in [0.25, 0.3) is 10.0 Å². The molecule has 0 bridgehead atoms. The number of benzene rings is 1. The molecule has 0 aliphatic heterocycles. The van der Waals surface area contributed by atoms with E-state index in [2.05, 4.69) is 14.9 Å². The van der Waals surface area contributed by atoms with Gasteiger partial charge in [-0.25, -0.2) is 8.42 Å². The molecular weight excluding hydrogens is 282 g/mol. The summed E-state index contributed by atoms with van der Waals surface area (Å²) < 4.78 is 37.2. The second-order valence-corrected chi connectivity index (χ2v) is 5.68. The van der Waals surface area contributed by atoms with E-state index in [1.54, 1.807) is 25.1 Å². The Kier molecular flexibility index (Phi) is 3.84. The molecule has 1 aromatic heterocycles. The fourth-order valence-corrected chi connectivity index (χ4v) is 2.90. The molecule has 0 radical (unpaired) electrons. The van der Waals surface area contributed by atoms with E-state index in [0.29, 0.717) is 22.9 Å². The molecule has 0 amide bonds. The Morgan fingerprint density at radius 1 is 1.25 bits per heavy atom. The van der Waals surface area contributed by atoms with Crippen LogP contribution in [0.25, 0.3) is 0 Å². The van der Waals surface area contributed by atoms with Gasteiger partial charge in [-0.2, -0.15) is 5.10 Å². The van der Waals surface area contributed by atoms with Crippen LogP contribution in [0.3, 0.4) is 0 Å². The quantitative estimate of drug-likeness (QED) is 0.873. The zero-order valence-corrected chi connectivity index (χ0v) is 12.1. The van der Waals surface area contributed by atoms with Crippen molar-refractivity contribution in [2.24, 2.45) is 0 Å². The van der Waals surface area contributed by atoms with Gasteiger partial charge in [0.1, 0.15) is 16.4 Å². The van der Waals surface area contributed by atoms with Crippen LogP contribution in [0, 0.1) is 6.92 Å². The summed E-state index contributed by atoms with van der Waals surface area (Å²) in [5.41, 5.74) is 0.791. The largest absolute Gasteiger partial charge is 0.497 e. The first kappa shape index (κ1) is 14.2. The first-order valence-electron chi connectivity index (χ1n) is 5.72. The van der Waals surface area contributed by atoms with Gasteiger partial charge in [-0.05, 0) is 19.1 Å². The third-order valence-electron chi connectivity index (χ3n) is 2.73. The number of rotatable bonds is 5. The van der Waals surface area contributed by atoms with Crippen molar-refractivity contribution in [3.63, 3.8) is 0 Å². The summed E-state index contributed by atoms with van der Waals surface area (Å²) in [6.07, 6.45) is 1.26. The van der Waals surface area contributed by atoms with Gasteiger partial charge in [0.05, 0.1) is 31.8 Å². The third-order valence-corrected chi connectivity index (χ3v) is 4.21. The van der Waals surface area contributed by atoms with Gasteiger partial charge in [0, 0.05) is 6.07 Å². The molecule has 1 heterocycles. The van der Waals surface area contributed by atoms with Crippen molar-refractivity contribution in [3.05, 3.63) is 30.1 Å². The number of aromatic amines is 1. The summed E-state index contributed by atoms with van der Waals surface area (Å²) in [5.74, 6) is 0.943. The van der Waals surface area contributed by atoms with Crippen LogP contribution in [0.1, 0.15) is 5.69 Å². The predicted molar refractivity (Wildman–Crippen MR) is 73.7 cm³/mol. The minimum atomic E-state index is -3.72. The standard InChI is InChI=1S/C12H15N3O4S/c1-8-12(7-13-14-8)20(16,17)15-10-5-4-9(18-2)6-11(10)19-3/h4-7,15H,1-3H3,(H,13,14). The van der Waals surface area contributed by atoms with Gasteiger partial charge in [-0.1, -0.05) is 0 Å². The molecule has 20 heavy (non-hydrogen) atoms. The number of hydrogen-bond acceptors (Lipinski definition) is 5. The fourth-order valence-electron chi connectivity index (χ4n) is 1.69. The maximum Gasteiger partial charge on any atom is 0.265 e. The van der Waals surface area contributed by atoms with E-state index in [1.807, 2.05) is 0 Å². The monoisotopic (exact) mass is 297 g/mol. The molecule has 2 N–H and O–H groups in total. The van der Waals surface area contributed by atoms with E-state index in [0.717, 1.165) is 0 Å². The summed E-state index contributed by atoms with van der Waals surface area (Å²) in [6.45, 7) is 1.63. The Morgan fingerprint density at radius 3 is 2.55 bits per heavy atom. The van der Waals surface area contributed by atoms with Crippen LogP contribution in [-0.4, -0.2) is 32.8 Å². The fraction of sp³-hybridized carbons (Fsp3) is 0.250. The maximum absolute atomic E-state index is 12.2. The zero-order chi connectivity index (χ0) is 14.8. The number of hydrogen-bond donors (Lipinski definition) is 2. The molecule has 1 aromatic carbocycles. The van der Waals surface area contributed by atoms with Gasteiger partial charge in [-0.15, -0.1) is 0 Å². The maximum atomic E-state index is 12.2. The van der Waals surface area contributed by atoms with Crippen LogP contribution in [0.5, 0.6) is 11.5 Å². The van der Waals surface area contributed by atoms with Crippen molar-refractivity contribution in [2.75, 3.05) is 18.9 Å². The lowest BCUT2D eigenvalue weighted by Crippen LogP contribution is -2.14. The highest BCUT2D eigenvalue weighted by molar-refractivity contribution is 7.92. The summed E-state index contributed by atoms with van der Waals surface area (Å²) in [5, 5.41) is 6.29. The van der Waals surface area contributed by atoms with E-state index in [9.17, 15) is 8.42 Å². The molecule has 2 aromatic rings. The molecule has 0 aliphatic rings. The van der Waals surface area contributed by atoms with Gasteiger partial charge in [0.15, 0.2) is 0 Å². The van der Waals surface area contributed by atoms with Gasteiger partial charge in [0.2, 0.25) is 0 Å². The molecule has 8 heteroatoms. The first-order valence-corrected chi connectivity index (χ1v) is 7.21. The van der Waals surface area contributed by atoms with Crippen LogP contribution in [0.4, 0.5) is 5.69 Å². The number of aryl methyl sites for hydroxylation is 1. The number of nitrogens with one attached hydrogen (secondary N) is 2. The Bertz CT molecular complexity index is 709. The number of sulfonamides is 1. The molecule has 2 rings (SSSR count). The molecule has 0 saturated carbocycles. The Balaban J connectivity index is 2.37. The van der Waals surface area contributed by atoms with Crippen molar-refractivity contribution in [3.8, 4) is 11.5 Å². The predicted octanol–water partition coefficient (Wildman–Crippen LogP) is 1.54. The van der Waals surface area contributed by atoms with Crippen molar-refractivity contribution in [1.29, 1.82) is 0 Å². The van der Waals surface area contributed by atoms with Crippen molar-refractivity contribution in [1.82, 2.24) is 10.2 Å². The number of methoxy groups -OCH3 is 2. The Hall–Kier alpha value is -2.22. The van der Waals surface area contributed by atoms with E-state index < -0.39 is 10.0 Å². The highest BCUT2D eigenvalue weighted by atomic mass is 32.2. The summed E-state index contributed by atoms with van der Waals surface area (Å²) in [6, 6.07) is 4.81. The molecule has 0 atom stereocenters. The van der Waals surface area contributed by atoms with E-state index in [4.69, 9.17) is 9.47 Å². The number of nitrogens with zero attached hydrogens (tertiary/aromatic N) is 1. The zero-order valence-electron chi connectivity index (χ0n) is 11.3. The summed E-state index contributed by atoms with van der Waals surface area (Å²) >= 11 is 0. The van der Waals surface area contributed by atoms with Crippen molar-refractivity contribution >= 4 is 15.7 Å². The number of ether oxygens (including phenoxy) is 2. The van der Waals surface area contributed by atoms with Gasteiger partial charge >= 0.3 is 0 Å². The van der Waals surface area contributed by atoms with Gasteiger partial charge in [-0.3, -0.25) is 9.82 Å². The average molecular weight is 297 g/mol. The topological polar surface area (TPSA) is 93.3 Å². The lowest BCUT2D eigenvalue weighted by Gasteiger charge is -2.12. The number of H-pyrrole nitrogens is 1. The highest BCUT2D eigenvalue weighted by Gasteiger charge is 2.20. The minimum Gasteiger partial charge on any atom is -0.497 e. The molecule has 0 unspecified atom stereocenters. The van der Waals surface area contributed by atoms with E-state index >= 15 is 0 Å². The van der Waals surface area contributed by atoms with Crippen LogP contribution >= 0.6 is 0 Å². The summed E-state index contributed by atoms with van der Waals surface area (Å²) in [4.78, 5) is 0.0929. The molecule has 0 saturated heterocycles. The Labute approximate surface area is 117 Å². The molecule has 7 nitrogen and oxygen atoms in total. The second-order valence-electron chi connectivity index (χ2n) is 4.03. The van der Waals surface area contributed by atoms with Crippen LogP contribution in [0.2, 0.25) is 0 Å². The number of aromatic nitrogens is 2. The van der Waals surface area contributed by atoms with Crippen LogP contribution in [-0.2, 0) is 10.0 Å². The Morgan fingerprint density at radius 2 is 2.00 bits per heavy atom. The highest BCUT2D eigenvalue weighted by Crippen LogP contribution is 2.31. The van der Waals surface area contributed by atoms with Crippen molar-refractivity contribution in [2.45, 2.75) is 11.8 Å². The lowest BCUT2D eigenvalue weighted by molar-refractivity contribution is 0.395. The van der Waals surface area contributed by atoms with Crippen LogP contribution < -0.4 is 14.2 Å². The SMILES string of the molecule is COc1ccc(NS(=O)(=O)c2cn[nH]c2C)c(OC)c1. The molecule has 0 fully saturated rings. The van der Waals surface area contributed by atoms with Crippen molar-refractivity contribution < 1.29 is 17.9 Å². The molecule has 0 spiro atoms. The lowest BCUT2D eigenvalue weighted by atomic mass is 10.3. The smallest absolute Gasteiger partial charge is 0.265 e. The molecule has 108 valence electrons. The molecular formula is C12H15N3O4S. The van der Waals surface area contributed by atoms with E-state index in [1.165, 1.54) is 20.4 Å². The normalized spacial score (nSPS) is 11.2. The van der Waals surface area contributed by atoms with E-state index in [-0.39, 0.29) is 4.90 Å². The third kappa shape index (κ3) is 2.69.